The van der Waals surface area contributed by atoms with E-state index in [-0.39, 0.29) is 11.0 Å². The van der Waals surface area contributed by atoms with Gasteiger partial charge in [0.2, 0.25) is 0 Å². The van der Waals surface area contributed by atoms with Gasteiger partial charge in [0.25, 0.3) is 0 Å². The van der Waals surface area contributed by atoms with Crippen molar-refractivity contribution in [3.05, 3.63) is 22.1 Å². The quantitative estimate of drug-likeness (QED) is 0.611. The Morgan fingerprint density at radius 1 is 1.00 bits per heavy atom. The van der Waals surface area contributed by atoms with E-state index < -0.39 is 12.7 Å². The number of allylic oxidation sites excluding steroid dienone is 4. The molecule has 0 fully saturated rings. The average Bonchev–Trinajstić information content (AvgIpc) is 1.99. The van der Waals surface area contributed by atoms with Crippen LogP contribution in [0.1, 0.15) is 6.42 Å². The van der Waals surface area contributed by atoms with E-state index in [1.54, 1.807) is 3.88 Å². The van der Waals surface area contributed by atoms with Crippen molar-refractivity contribution in [2.75, 3.05) is 0 Å². The van der Waals surface area contributed by atoms with Gasteiger partial charge in [-0.15, -0.1) is 0 Å². The van der Waals surface area contributed by atoms with E-state index in [9.17, 15) is 0 Å². The summed E-state index contributed by atoms with van der Waals surface area (Å²) in [5.74, 6) is 0. The molecule has 1 rings (SSSR count). The van der Waals surface area contributed by atoms with Crippen molar-refractivity contribution in [3.8, 4) is 0 Å². The zero-order chi connectivity index (χ0) is 9.78. The van der Waals surface area contributed by atoms with Crippen molar-refractivity contribution >= 4 is 11.0 Å². The standard InChI is InChI=1S/C5H5.6CH3.H4Si.Ti/c1-2-4-5-3-1;;;;;;;;/h1-2,5H,3H2;6*1H3;1H4;. The molecule has 0 aliphatic heterocycles. The van der Waals surface area contributed by atoms with Crippen molar-refractivity contribution in [2.24, 2.45) is 0 Å². The van der Waals surface area contributed by atoms with Crippen LogP contribution in [0, 0.1) is 0 Å². The van der Waals surface area contributed by atoms with Crippen LogP contribution < -0.4 is 0 Å². The molecule has 0 saturated heterocycles. The summed E-state index contributed by atoms with van der Waals surface area (Å²) >= 11 is -3.19. The fourth-order valence-electron chi connectivity index (χ4n) is 1.57. The first-order valence-corrected chi connectivity index (χ1v) is 15.1. The number of hydrogen-bond acceptors (Lipinski definition) is 0. The maximum atomic E-state index is 2.49. The van der Waals surface area contributed by atoms with Gasteiger partial charge in [0.1, 0.15) is 0 Å². The Hall–Kier alpha value is 0.411. The van der Waals surface area contributed by atoms with Gasteiger partial charge in [-0.1, -0.05) is 0 Å². The van der Waals surface area contributed by atoms with Crippen molar-refractivity contribution in [3.63, 3.8) is 0 Å². The zero-order valence-electron chi connectivity index (χ0n) is 9.44. The molecule has 13 heavy (non-hydrogen) atoms. The predicted molar refractivity (Wildman–Crippen MR) is 68.4 cm³/mol. The number of rotatable bonds is 1. The van der Waals surface area contributed by atoms with Crippen molar-refractivity contribution in [1.82, 2.24) is 0 Å². The Bertz CT molecular complexity index is 285. The maximum absolute atomic E-state index is 3.19. The molecule has 0 saturated carbocycles. The molecule has 0 aromatic carbocycles. The molecule has 2 heteroatoms. The summed E-state index contributed by atoms with van der Waals surface area (Å²) in [5.41, 5.74) is 0. The van der Waals surface area contributed by atoms with E-state index in [1.807, 2.05) is 0 Å². The van der Waals surface area contributed by atoms with E-state index in [4.69, 9.17) is 0 Å². The van der Waals surface area contributed by atoms with E-state index in [0.717, 1.165) is 6.42 Å². The van der Waals surface area contributed by atoms with Gasteiger partial charge in [-0.2, -0.15) is 0 Å². The second-order valence-electron chi connectivity index (χ2n) is 10.3. The van der Waals surface area contributed by atoms with Crippen molar-refractivity contribution in [1.29, 1.82) is 0 Å². The predicted octanol–water partition coefficient (Wildman–Crippen LogP) is 3.43. The molecule has 0 amide bonds. The molecular weight excluding hydrogens is 208 g/mol. The average molecular weight is 235 g/mol. The molecule has 0 atom stereocenters. The second kappa shape index (κ2) is 2.00. The summed E-state index contributed by atoms with van der Waals surface area (Å²) in [6.45, 7) is 0. The van der Waals surface area contributed by atoms with Crippen LogP contribution in [0.15, 0.2) is 22.1 Å². The molecule has 0 spiro atoms. The van der Waals surface area contributed by atoms with Crippen molar-refractivity contribution < 1.29 is 12.7 Å². The van der Waals surface area contributed by atoms with Gasteiger partial charge < -0.3 is 0 Å². The van der Waals surface area contributed by atoms with E-state index >= 15 is 0 Å². The van der Waals surface area contributed by atoms with Gasteiger partial charge in [-0.05, 0) is 11.0 Å². The monoisotopic (exact) mass is 235 g/mol. The minimum atomic E-state index is -3.19. The van der Waals surface area contributed by atoms with Crippen LogP contribution in [0.25, 0.3) is 0 Å². The van der Waals surface area contributed by atoms with Crippen LogP contribution in [-0.2, 0) is 12.7 Å². The second-order valence-corrected chi connectivity index (χ2v) is 39.3. The zero-order valence-corrected chi connectivity index (χ0v) is 11.0. The van der Waals surface area contributed by atoms with E-state index in [1.165, 1.54) is 0 Å². The van der Waals surface area contributed by atoms with Crippen LogP contribution in [-0.4, -0.2) is 11.0 Å². The summed E-state index contributed by atoms with van der Waals surface area (Å²) in [6.07, 6.45) is 8.13. The summed E-state index contributed by atoms with van der Waals surface area (Å²) in [7, 11) is 0. The molecule has 0 aromatic heterocycles. The van der Waals surface area contributed by atoms with Crippen LogP contribution in [0.2, 0.25) is 31.4 Å². The summed E-state index contributed by atoms with van der Waals surface area (Å²) in [5, 5.41) is 14.9. The Labute approximate surface area is 83.5 Å². The normalized spacial score (nSPS) is 24.8. The third kappa shape index (κ3) is 3.57. The molecule has 0 nitrogen and oxygen atoms in total. The fraction of sp³-hybridized carbons (Fsp3) is 0.636. The van der Waals surface area contributed by atoms with Crippen LogP contribution in [0.4, 0.5) is 0 Å². The van der Waals surface area contributed by atoms with Gasteiger partial charge in [-0.25, -0.2) is 0 Å². The first-order valence-electron chi connectivity index (χ1n) is 4.98. The fourth-order valence-corrected chi connectivity index (χ4v) is 5.41. The van der Waals surface area contributed by atoms with E-state index in [0.29, 0.717) is 0 Å². The minimum absolute atomic E-state index is 0. The van der Waals surface area contributed by atoms with Gasteiger partial charge in [0, 0.05) is 0 Å². The first kappa shape index (κ1) is 13.4. The molecule has 0 N–H and O–H groups in total. The van der Waals surface area contributed by atoms with Crippen LogP contribution >= 0.6 is 0 Å². The molecule has 1 aliphatic rings. The van der Waals surface area contributed by atoms with Gasteiger partial charge in [-0.3, -0.25) is 0 Å². The summed E-state index contributed by atoms with van der Waals surface area (Å²) in [4.78, 5) is 0. The Balaban J connectivity index is 0.00000144. The molecule has 0 bridgehead atoms. The van der Waals surface area contributed by atoms with E-state index in [2.05, 4.69) is 49.6 Å². The Morgan fingerprint density at radius 2 is 1.46 bits per heavy atom. The molecule has 0 radical (unpaired) electrons. The summed E-state index contributed by atoms with van der Waals surface area (Å²) < 4.78 is 1.60. The molecule has 79 valence electrons. The van der Waals surface area contributed by atoms with Gasteiger partial charge >= 0.3 is 72.6 Å². The third-order valence-corrected chi connectivity index (χ3v) is 8.49. The minimum Gasteiger partial charge on any atom is -0.0149 e. The maximum Gasteiger partial charge on any atom is -0.0149 e. The number of hydrogen-bond donors (Lipinski definition) is 0. The molecule has 1 aliphatic carbocycles. The van der Waals surface area contributed by atoms with Crippen LogP contribution in [0.3, 0.4) is 0 Å². The van der Waals surface area contributed by atoms with Gasteiger partial charge in [0.05, 0.1) is 0 Å². The Kier molecular flexibility index (Phi) is 2.07. The van der Waals surface area contributed by atoms with Gasteiger partial charge in [0.15, 0.2) is 0 Å². The molecule has 0 heterocycles. The third-order valence-electron chi connectivity index (χ3n) is 2.50. The largest absolute Gasteiger partial charge is 0.0149 e. The summed E-state index contributed by atoms with van der Waals surface area (Å²) in [6, 6.07) is 0. The van der Waals surface area contributed by atoms with Crippen LogP contribution in [0.5, 0.6) is 0 Å². The van der Waals surface area contributed by atoms with Crippen molar-refractivity contribution in [2.45, 2.75) is 37.8 Å². The first-order chi connectivity index (χ1) is 4.80. The Morgan fingerprint density at radius 3 is 1.62 bits per heavy atom. The molecule has 0 unspecified atom stereocenters. The molecule has 0 aromatic rings. The SMILES string of the molecule is [CH3][Ti]([CH3])([CH3])([CH3])([CH3])([CH3])[C]1=CCC=C1.[SiH4]. The smallest absolute Gasteiger partial charge is 0.0149 e. The topological polar surface area (TPSA) is 0 Å². The molecular formula is C11H27SiTi.